The second kappa shape index (κ2) is 11.2. The van der Waals surface area contributed by atoms with Crippen LogP contribution in [0.25, 0.3) is 0 Å². The topological polar surface area (TPSA) is 173 Å². The molecule has 0 saturated carbocycles. The van der Waals surface area contributed by atoms with Gasteiger partial charge in [-0.3, -0.25) is 19.2 Å². The van der Waals surface area contributed by atoms with Crippen molar-refractivity contribution in [1.29, 1.82) is 0 Å². The van der Waals surface area contributed by atoms with Crippen LogP contribution < -0.4 is 27.4 Å². The molecule has 4 atom stereocenters. The lowest BCUT2D eigenvalue weighted by Gasteiger charge is -2.24. The van der Waals surface area contributed by atoms with Crippen molar-refractivity contribution in [3.05, 3.63) is 0 Å². The van der Waals surface area contributed by atoms with Crippen LogP contribution in [-0.4, -0.2) is 54.1 Å². The molecule has 0 heterocycles. The predicted octanol–water partition coefficient (Wildman–Crippen LogP) is -2.07. The molecule has 0 bridgehead atoms. The zero-order valence-corrected chi connectivity index (χ0v) is 15.6. The maximum Gasteiger partial charge on any atom is 0.243 e. The predicted molar refractivity (Wildman–Crippen MR) is 94.4 cm³/mol. The number of rotatable bonds is 11. The minimum atomic E-state index is -1.16. The quantitative estimate of drug-likeness (QED) is 0.261. The third kappa shape index (κ3) is 9.11. The normalized spacial score (nSPS) is 15.3. The van der Waals surface area contributed by atoms with Gasteiger partial charge < -0.3 is 32.2 Å². The van der Waals surface area contributed by atoms with Gasteiger partial charge in [-0.1, -0.05) is 13.8 Å². The van der Waals surface area contributed by atoms with Crippen LogP contribution in [0, 0.1) is 5.92 Å². The Hall–Kier alpha value is -2.49. The SMILES string of the molecule is CC(C)C[C@H](NC(=O)[C@@H](N)CC(N)=O)C(=O)N[C@@H](C)C(=O)N[C@@H](C)C=O. The largest absolute Gasteiger partial charge is 0.370 e. The van der Waals surface area contributed by atoms with Crippen molar-refractivity contribution in [2.45, 2.75) is 64.7 Å². The van der Waals surface area contributed by atoms with Gasteiger partial charge >= 0.3 is 0 Å². The van der Waals surface area contributed by atoms with E-state index in [4.69, 9.17) is 11.5 Å². The summed E-state index contributed by atoms with van der Waals surface area (Å²) in [6.07, 6.45) is 0.526. The van der Waals surface area contributed by atoms with Crippen molar-refractivity contribution in [3.63, 3.8) is 0 Å². The van der Waals surface area contributed by atoms with Gasteiger partial charge in [0.25, 0.3) is 0 Å². The molecule has 0 aliphatic rings. The van der Waals surface area contributed by atoms with E-state index in [1.165, 1.54) is 13.8 Å². The second-order valence-corrected chi connectivity index (χ2v) is 6.63. The van der Waals surface area contributed by atoms with Crippen molar-refractivity contribution in [2.24, 2.45) is 17.4 Å². The van der Waals surface area contributed by atoms with Crippen LogP contribution in [0.1, 0.15) is 40.5 Å². The van der Waals surface area contributed by atoms with Gasteiger partial charge in [0.15, 0.2) is 0 Å². The Balaban J connectivity index is 4.92. The third-order valence-electron chi connectivity index (χ3n) is 3.42. The zero-order chi connectivity index (χ0) is 20.4. The number of nitrogens with two attached hydrogens (primary N) is 2. The lowest BCUT2D eigenvalue weighted by molar-refractivity contribution is -0.133. The van der Waals surface area contributed by atoms with E-state index in [0.717, 1.165) is 0 Å². The monoisotopic (exact) mass is 371 g/mol. The van der Waals surface area contributed by atoms with Crippen LogP contribution in [-0.2, 0) is 24.0 Å². The summed E-state index contributed by atoms with van der Waals surface area (Å²) < 4.78 is 0. The van der Waals surface area contributed by atoms with Crippen molar-refractivity contribution >= 4 is 29.9 Å². The number of carbonyl (C=O) groups excluding carboxylic acids is 5. The van der Waals surface area contributed by atoms with E-state index >= 15 is 0 Å². The van der Waals surface area contributed by atoms with E-state index in [-0.39, 0.29) is 12.3 Å². The molecule has 0 aromatic carbocycles. The average Bonchev–Trinajstić information content (AvgIpc) is 2.52. The Morgan fingerprint density at radius 2 is 1.50 bits per heavy atom. The molecule has 7 N–H and O–H groups in total. The Morgan fingerprint density at radius 1 is 0.923 bits per heavy atom. The van der Waals surface area contributed by atoms with Crippen LogP contribution in [0.15, 0.2) is 0 Å². The van der Waals surface area contributed by atoms with E-state index < -0.39 is 47.8 Å². The fraction of sp³-hybridized carbons (Fsp3) is 0.688. The van der Waals surface area contributed by atoms with E-state index in [0.29, 0.717) is 12.7 Å². The summed E-state index contributed by atoms with van der Waals surface area (Å²) in [6.45, 7) is 6.68. The molecule has 26 heavy (non-hydrogen) atoms. The highest BCUT2D eigenvalue weighted by Gasteiger charge is 2.27. The Labute approximate surface area is 152 Å². The maximum atomic E-state index is 12.4. The minimum absolute atomic E-state index is 0.0673. The molecular weight excluding hydrogens is 342 g/mol. The Morgan fingerprint density at radius 3 is 1.96 bits per heavy atom. The van der Waals surface area contributed by atoms with Gasteiger partial charge in [-0.05, 0) is 26.2 Å². The molecule has 10 nitrogen and oxygen atoms in total. The molecule has 0 aromatic heterocycles. The molecule has 0 aliphatic carbocycles. The fourth-order valence-corrected chi connectivity index (χ4v) is 2.05. The molecule has 0 aromatic rings. The number of primary amides is 1. The molecule has 0 spiro atoms. The van der Waals surface area contributed by atoms with Crippen LogP contribution in [0.3, 0.4) is 0 Å². The minimum Gasteiger partial charge on any atom is -0.370 e. The third-order valence-corrected chi connectivity index (χ3v) is 3.42. The molecule has 10 heteroatoms. The lowest BCUT2D eigenvalue weighted by atomic mass is 10.0. The number of hydrogen-bond acceptors (Lipinski definition) is 6. The van der Waals surface area contributed by atoms with Crippen LogP contribution in [0.4, 0.5) is 0 Å². The summed E-state index contributed by atoms with van der Waals surface area (Å²) in [5.41, 5.74) is 10.6. The highest BCUT2D eigenvalue weighted by Crippen LogP contribution is 2.06. The Bertz CT molecular complexity index is 537. The summed E-state index contributed by atoms with van der Waals surface area (Å²) >= 11 is 0. The summed E-state index contributed by atoms with van der Waals surface area (Å²) in [5, 5.41) is 7.38. The van der Waals surface area contributed by atoms with E-state index in [1.54, 1.807) is 0 Å². The number of aldehydes is 1. The van der Waals surface area contributed by atoms with Gasteiger partial charge in [0.05, 0.1) is 18.5 Å². The summed E-state index contributed by atoms with van der Waals surface area (Å²) in [7, 11) is 0. The first-order valence-corrected chi connectivity index (χ1v) is 8.38. The summed E-state index contributed by atoms with van der Waals surface area (Å²) in [6, 6.07) is -3.68. The number of hydrogen-bond donors (Lipinski definition) is 5. The molecule has 148 valence electrons. The molecule has 4 amide bonds. The molecule has 0 unspecified atom stereocenters. The maximum absolute atomic E-state index is 12.4. The first kappa shape index (κ1) is 23.5. The molecule has 0 aliphatic heterocycles. The molecule has 0 radical (unpaired) electrons. The fourth-order valence-electron chi connectivity index (χ4n) is 2.05. The van der Waals surface area contributed by atoms with Gasteiger partial charge in [0.1, 0.15) is 18.4 Å². The highest BCUT2D eigenvalue weighted by atomic mass is 16.2. The van der Waals surface area contributed by atoms with Gasteiger partial charge in [0.2, 0.25) is 23.6 Å². The van der Waals surface area contributed by atoms with Crippen molar-refractivity contribution < 1.29 is 24.0 Å². The first-order valence-electron chi connectivity index (χ1n) is 8.38. The lowest BCUT2D eigenvalue weighted by Crippen LogP contribution is -2.56. The standard InChI is InChI=1S/C16H29N5O5/c1-8(2)5-12(21-15(25)11(17)6-13(18)23)16(26)20-10(4)14(24)19-9(3)7-22/h7-12H,5-6,17H2,1-4H3,(H2,18,23)(H,19,24)(H,20,26)(H,21,25)/t9-,10-,11-,12-/m0/s1. The zero-order valence-electron chi connectivity index (χ0n) is 15.6. The molecule has 0 saturated heterocycles. The Kier molecular flexibility index (Phi) is 10.1. The van der Waals surface area contributed by atoms with Crippen molar-refractivity contribution in [1.82, 2.24) is 16.0 Å². The van der Waals surface area contributed by atoms with E-state index in [1.807, 2.05) is 13.8 Å². The second-order valence-electron chi connectivity index (χ2n) is 6.63. The van der Waals surface area contributed by atoms with Gasteiger partial charge in [-0.25, -0.2) is 0 Å². The van der Waals surface area contributed by atoms with Gasteiger partial charge in [0, 0.05) is 0 Å². The first-order chi connectivity index (χ1) is 12.0. The number of carbonyl (C=O) groups is 5. The van der Waals surface area contributed by atoms with Crippen LogP contribution in [0.5, 0.6) is 0 Å². The summed E-state index contributed by atoms with van der Waals surface area (Å²) in [5.74, 6) is -2.45. The highest BCUT2D eigenvalue weighted by molar-refractivity contribution is 5.94. The molecule has 0 rings (SSSR count). The van der Waals surface area contributed by atoms with E-state index in [2.05, 4.69) is 16.0 Å². The molecular formula is C16H29N5O5. The van der Waals surface area contributed by atoms with E-state index in [9.17, 15) is 24.0 Å². The van der Waals surface area contributed by atoms with Crippen LogP contribution >= 0.6 is 0 Å². The molecule has 0 fully saturated rings. The van der Waals surface area contributed by atoms with Gasteiger partial charge in [-0.2, -0.15) is 0 Å². The number of amides is 4. The average molecular weight is 371 g/mol. The van der Waals surface area contributed by atoms with Crippen molar-refractivity contribution in [2.75, 3.05) is 0 Å². The van der Waals surface area contributed by atoms with Gasteiger partial charge in [-0.15, -0.1) is 0 Å². The van der Waals surface area contributed by atoms with Crippen LogP contribution in [0.2, 0.25) is 0 Å². The summed E-state index contributed by atoms with van der Waals surface area (Å²) in [4.78, 5) is 57.8. The van der Waals surface area contributed by atoms with Crippen molar-refractivity contribution in [3.8, 4) is 0 Å². The smallest absolute Gasteiger partial charge is 0.243 e. The number of nitrogens with one attached hydrogen (secondary N) is 3.